The van der Waals surface area contributed by atoms with Crippen molar-refractivity contribution in [2.24, 2.45) is 0 Å². The number of hydrogen-bond acceptors (Lipinski definition) is 4. The average Bonchev–Trinajstić information content (AvgIpc) is 2.71. The van der Waals surface area contributed by atoms with Crippen LogP contribution in [-0.4, -0.2) is 37.2 Å². The zero-order chi connectivity index (χ0) is 19.5. The Morgan fingerprint density at radius 2 is 1.77 bits per heavy atom. The lowest BCUT2D eigenvalue weighted by Gasteiger charge is -2.42. The molecule has 30 heavy (non-hydrogen) atoms. The maximum Gasteiger partial charge on any atom is 0.0991 e. The fourth-order valence-electron chi connectivity index (χ4n) is 4.29. The predicted octanol–water partition coefficient (Wildman–Crippen LogP) is 5.40. The van der Waals surface area contributed by atoms with Crippen molar-refractivity contribution in [3.05, 3.63) is 67.6 Å². The number of piperazine rings is 1. The van der Waals surface area contributed by atoms with Gasteiger partial charge >= 0.3 is 0 Å². The molecule has 0 bridgehead atoms. The van der Waals surface area contributed by atoms with Gasteiger partial charge in [0.2, 0.25) is 0 Å². The fourth-order valence-corrected chi connectivity index (χ4v) is 5.68. The molecule has 1 saturated heterocycles. The zero-order valence-electron chi connectivity index (χ0n) is 16.4. The van der Waals surface area contributed by atoms with E-state index in [1.165, 1.54) is 11.1 Å². The van der Waals surface area contributed by atoms with E-state index >= 15 is 0 Å². The number of fused-ring (bicyclic) bond motifs is 1. The van der Waals surface area contributed by atoms with Gasteiger partial charge in [0.15, 0.2) is 0 Å². The van der Waals surface area contributed by atoms with Gasteiger partial charge in [0.1, 0.15) is 0 Å². The molecular weight excluding hydrogens is 553 g/mol. The molecule has 1 N–H and O–H groups in total. The first kappa shape index (κ1) is 25.6. The molecule has 8 heteroatoms. The summed E-state index contributed by atoms with van der Waals surface area (Å²) in [7, 11) is 0. The van der Waals surface area contributed by atoms with Crippen LogP contribution in [0.4, 0.5) is 0 Å². The molecule has 4 rings (SSSR count). The van der Waals surface area contributed by atoms with E-state index in [2.05, 4.69) is 72.4 Å². The number of halogens is 4. The van der Waals surface area contributed by atoms with Crippen molar-refractivity contribution < 1.29 is 4.74 Å². The lowest BCUT2D eigenvalue weighted by molar-refractivity contribution is -0.0378. The average molecular weight is 578 g/mol. The highest BCUT2D eigenvalue weighted by atomic mass is 79.9. The molecule has 2 aliphatic rings. The first-order valence-electron chi connectivity index (χ1n) is 9.68. The van der Waals surface area contributed by atoms with Crippen molar-refractivity contribution >= 4 is 56.7 Å². The molecule has 4 nitrogen and oxygen atoms in total. The molecule has 1 aliphatic heterocycles. The largest absolute Gasteiger partial charge is 0.372 e. The minimum Gasteiger partial charge on any atom is -0.372 e. The van der Waals surface area contributed by atoms with E-state index in [9.17, 15) is 5.26 Å². The molecule has 162 valence electrons. The van der Waals surface area contributed by atoms with E-state index in [0.29, 0.717) is 6.61 Å². The van der Waals surface area contributed by atoms with Crippen LogP contribution < -0.4 is 5.32 Å². The fraction of sp³-hybridized carbons (Fsp3) is 0.409. The molecule has 1 aliphatic carbocycles. The number of aryl methyl sites for hydroxylation is 1. The summed E-state index contributed by atoms with van der Waals surface area (Å²) >= 11 is 7.12. The van der Waals surface area contributed by atoms with Crippen molar-refractivity contribution in [2.45, 2.75) is 31.6 Å². The topological polar surface area (TPSA) is 48.3 Å². The molecule has 0 saturated carbocycles. The van der Waals surface area contributed by atoms with Gasteiger partial charge in [-0.2, -0.15) is 5.26 Å². The van der Waals surface area contributed by atoms with E-state index in [1.807, 2.05) is 12.1 Å². The normalized spacial score (nSPS) is 21.0. The number of nitriles is 1. The summed E-state index contributed by atoms with van der Waals surface area (Å²) in [6.45, 7) is 4.58. The van der Waals surface area contributed by atoms with Gasteiger partial charge in [0.25, 0.3) is 0 Å². The van der Waals surface area contributed by atoms with E-state index in [0.717, 1.165) is 59.1 Å². The van der Waals surface area contributed by atoms with Crippen LogP contribution in [0.3, 0.4) is 0 Å². The van der Waals surface area contributed by atoms with Gasteiger partial charge in [0.05, 0.1) is 30.4 Å². The third-order valence-corrected chi connectivity index (χ3v) is 6.49. The maximum atomic E-state index is 9.39. The van der Waals surface area contributed by atoms with Crippen LogP contribution >= 0.6 is 56.7 Å². The summed E-state index contributed by atoms with van der Waals surface area (Å²) in [4.78, 5) is 2.52. The smallest absolute Gasteiger partial charge is 0.0991 e. The Morgan fingerprint density at radius 3 is 2.43 bits per heavy atom. The minimum absolute atomic E-state index is 0. The molecule has 1 heterocycles. The van der Waals surface area contributed by atoms with E-state index in [-0.39, 0.29) is 37.0 Å². The van der Waals surface area contributed by atoms with Crippen molar-refractivity contribution in [1.29, 1.82) is 5.26 Å². The second-order valence-electron chi connectivity index (χ2n) is 7.42. The summed E-state index contributed by atoms with van der Waals surface area (Å²) in [5.41, 5.74) is 4.51. The molecule has 1 fully saturated rings. The highest BCUT2D eigenvalue weighted by Gasteiger charge is 2.35. The quantitative estimate of drug-likeness (QED) is 0.528. The number of nitrogens with zero attached hydrogens (tertiary/aromatic N) is 2. The maximum absolute atomic E-state index is 9.39. The molecule has 2 aromatic rings. The molecule has 0 spiro atoms. The van der Waals surface area contributed by atoms with Gasteiger partial charge in [-0.1, -0.05) is 37.9 Å². The highest BCUT2D eigenvalue weighted by molar-refractivity contribution is 9.11. The van der Waals surface area contributed by atoms with Crippen LogP contribution in [0.25, 0.3) is 0 Å². The number of hydrogen-bond donors (Lipinski definition) is 1. The number of nitrogens with one attached hydrogen (secondary N) is 1. The van der Waals surface area contributed by atoms with Gasteiger partial charge in [-0.05, 0) is 59.9 Å². The minimum atomic E-state index is 0. The van der Waals surface area contributed by atoms with Crippen molar-refractivity contribution in [3.8, 4) is 6.07 Å². The van der Waals surface area contributed by atoms with Crippen LogP contribution in [0.1, 0.15) is 34.7 Å². The number of rotatable bonds is 4. The second-order valence-corrected chi connectivity index (χ2v) is 9.25. The first-order valence-corrected chi connectivity index (χ1v) is 11.3. The van der Waals surface area contributed by atoms with Crippen LogP contribution in [-0.2, 0) is 17.8 Å². The van der Waals surface area contributed by atoms with Gasteiger partial charge in [-0.25, -0.2) is 0 Å². The van der Waals surface area contributed by atoms with Crippen molar-refractivity contribution in [2.75, 3.05) is 26.2 Å². The predicted molar refractivity (Wildman–Crippen MR) is 132 cm³/mol. The molecule has 2 aromatic carbocycles. The van der Waals surface area contributed by atoms with Crippen LogP contribution in [0.5, 0.6) is 0 Å². The Balaban J connectivity index is 0.00000160. The van der Waals surface area contributed by atoms with Gasteiger partial charge in [-0.15, -0.1) is 24.8 Å². The molecule has 0 amide bonds. The van der Waals surface area contributed by atoms with Crippen molar-refractivity contribution in [3.63, 3.8) is 0 Å². The molecule has 2 atom stereocenters. The van der Waals surface area contributed by atoms with Crippen molar-refractivity contribution in [1.82, 2.24) is 10.2 Å². The highest BCUT2D eigenvalue weighted by Crippen LogP contribution is 2.37. The summed E-state index contributed by atoms with van der Waals surface area (Å²) in [6, 6.07) is 14.9. The summed E-state index contributed by atoms with van der Waals surface area (Å²) in [5.74, 6) is 0. The van der Waals surface area contributed by atoms with Crippen LogP contribution in [0.15, 0.2) is 45.3 Å². The summed E-state index contributed by atoms with van der Waals surface area (Å²) < 4.78 is 8.58. The summed E-state index contributed by atoms with van der Waals surface area (Å²) in [6.07, 6.45) is 2.12. The Hall–Kier alpha value is -0.650. The Labute approximate surface area is 207 Å². The van der Waals surface area contributed by atoms with Crippen LogP contribution in [0, 0.1) is 11.3 Å². The second kappa shape index (κ2) is 11.8. The Morgan fingerprint density at radius 1 is 1.07 bits per heavy atom. The lowest BCUT2D eigenvalue weighted by Crippen LogP contribution is -2.49. The summed E-state index contributed by atoms with van der Waals surface area (Å²) in [5, 5.41) is 12.8. The Kier molecular flexibility index (Phi) is 10.1. The van der Waals surface area contributed by atoms with Gasteiger partial charge < -0.3 is 10.1 Å². The third kappa shape index (κ3) is 5.98. The van der Waals surface area contributed by atoms with E-state index in [4.69, 9.17) is 4.74 Å². The molecule has 0 radical (unpaired) electrons. The van der Waals surface area contributed by atoms with Crippen LogP contribution in [0.2, 0.25) is 0 Å². The third-order valence-electron chi connectivity index (χ3n) is 5.58. The monoisotopic (exact) mass is 575 g/mol. The molecular formula is C22H25Br2Cl2N3O. The SMILES string of the molecule is Cl.Cl.N#Cc1ccc2c(c1)C(N1CCNCC1)C(OCc1cc(Br)cc(Br)c1)CC2. The van der Waals surface area contributed by atoms with Gasteiger partial charge in [0, 0.05) is 35.1 Å². The first-order chi connectivity index (χ1) is 13.6. The number of benzene rings is 2. The zero-order valence-corrected chi connectivity index (χ0v) is 21.2. The lowest BCUT2D eigenvalue weighted by atomic mass is 9.83. The number of ether oxygens (including phenoxy) is 1. The molecule has 0 aromatic heterocycles. The molecule has 2 unspecified atom stereocenters. The van der Waals surface area contributed by atoms with E-state index < -0.39 is 0 Å². The van der Waals surface area contributed by atoms with Gasteiger partial charge in [-0.3, -0.25) is 4.90 Å². The standard InChI is InChI=1S/C22H23Br2N3O.2ClH/c23-18-9-16(10-19(24)12-18)14-28-21-4-3-17-2-1-15(13-25)11-20(17)22(21)27-7-5-26-6-8-27;;/h1-2,9-12,21-22,26H,3-8,14H2;2*1H. The Bertz CT molecular complexity index is 880. The van der Waals surface area contributed by atoms with E-state index in [1.54, 1.807) is 0 Å².